The Kier molecular flexibility index (Phi) is 56.5. The lowest BCUT2D eigenvalue weighted by Gasteiger charge is -2.22. The van der Waals surface area contributed by atoms with Crippen molar-refractivity contribution in [2.45, 2.75) is 347 Å². The molecule has 0 heterocycles. The first-order valence-electron chi connectivity index (χ1n) is 30.6. The number of hydrogen-bond acceptors (Lipinski definition) is 5. The molecule has 0 spiro atoms. The molecule has 0 aromatic rings. The molecule has 402 valence electrons. The molecule has 0 aliphatic rings. The summed E-state index contributed by atoms with van der Waals surface area (Å²) in [6.07, 6.45) is 70.3. The molecule has 0 saturated carbocycles. The maximum Gasteiger partial charge on any atom is 0.305 e. The summed E-state index contributed by atoms with van der Waals surface area (Å²) >= 11 is 0. The third kappa shape index (κ3) is 53.7. The quantitative estimate of drug-likeness (QED) is 0.0321. The number of rotatable bonds is 57. The van der Waals surface area contributed by atoms with Crippen LogP contribution in [0.4, 0.5) is 0 Å². The molecule has 0 aromatic carbocycles. The zero-order chi connectivity index (χ0) is 49.3. The summed E-state index contributed by atoms with van der Waals surface area (Å²) in [7, 11) is 0. The second kappa shape index (κ2) is 57.9. The van der Waals surface area contributed by atoms with Crippen LogP contribution in [0.5, 0.6) is 0 Å². The molecular weight excluding hydrogens is 839 g/mol. The van der Waals surface area contributed by atoms with Gasteiger partial charge in [0.2, 0.25) is 5.91 Å². The Morgan fingerprint density at radius 3 is 1.04 bits per heavy atom. The number of unbranched alkanes of at least 4 members (excludes halogenated alkanes) is 42. The second-order valence-corrected chi connectivity index (χ2v) is 21.0. The molecule has 1 amide bonds. The predicted octanol–water partition coefficient (Wildman–Crippen LogP) is 19.0. The van der Waals surface area contributed by atoms with Gasteiger partial charge < -0.3 is 20.3 Å². The van der Waals surface area contributed by atoms with Crippen LogP contribution in [0.2, 0.25) is 0 Å². The fraction of sp³-hybridized carbons (Fsp3) is 0.903. The molecule has 6 heteroatoms. The molecule has 68 heavy (non-hydrogen) atoms. The van der Waals surface area contributed by atoms with Crippen LogP contribution in [-0.4, -0.2) is 47.4 Å². The number of ether oxygens (including phenoxy) is 1. The summed E-state index contributed by atoms with van der Waals surface area (Å²) < 4.78 is 5.46. The van der Waals surface area contributed by atoms with Gasteiger partial charge in [0, 0.05) is 12.8 Å². The van der Waals surface area contributed by atoms with E-state index in [1.54, 1.807) is 0 Å². The molecule has 0 aliphatic carbocycles. The van der Waals surface area contributed by atoms with Gasteiger partial charge >= 0.3 is 5.97 Å². The fourth-order valence-electron chi connectivity index (χ4n) is 9.51. The second-order valence-electron chi connectivity index (χ2n) is 21.0. The van der Waals surface area contributed by atoms with Gasteiger partial charge in [0.25, 0.3) is 0 Å². The molecule has 0 aromatic heterocycles. The summed E-state index contributed by atoms with van der Waals surface area (Å²) in [6.45, 7) is 4.94. The van der Waals surface area contributed by atoms with Gasteiger partial charge in [0.1, 0.15) is 0 Å². The maximum atomic E-state index is 12.5. The number of aliphatic hydroxyl groups excluding tert-OH is 2. The van der Waals surface area contributed by atoms with Crippen LogP contribution < -0.4 is 5.32 Å². The van der Waals surface area contributed by atoms with Crippen molar-refractivity contribution < 1.29 is 24.5 Å². The smallest absolute Gasteiger partial charge is 0.305 e. The largest absolute Gasteiger partial charge is 0.466 e. The van der Waals surface area contributed by atoms with Crippen LogP contribution in [0.15, 0.2) is 24.3 Å². The van der Waals surface area contributed by atoms with Crippen LogP contribution in [-0.2, 0) is 14.3 Å². The summed E-state index contributed by atoms with van der Waals surface area (Å²) in [6, 6.07) is -0.555. The number of amides is 1. The molecule has 0 aliphatic heterocycles. The van der Waals surface area contributed by atoms with E-state index in [1.807, 2.05) is 0 Å². The Labute approximate surface area is 424 Å². The van der Waals surface area contributed by atoms with E-state index in [1.165, 1.54) is 238 Å². The number of hydrogen-bond donors (Lipinski definition) is 3. The monoisotopic (exact) mass is 958 g/mol. The average molecular weight is 959 g/mol. The lowest BCUT2D eigenvalue weighted by atomic mass is 10.0. The number of carbonyl (C=O) groups is 2. The van der Waals surface area contributed by atoms with E-state index in [-0.39, 0.29) is 18.5 Å². The van der Waals surface area contributed by atoms with Gasteiger partial charge in [-0.25, -0.2) is 0 Å². The van der Waals surface area contributed by atoms with Gasteiger partial charge in [-0.1, -0.05) is 269 Å². The van der Waals surface area contributed by atoms with Crippen LogP contribution >= 0.6 is 0 Å². The highest BCUT2D eigenvalue weighted by molar-refractivity contribution is 5.76. The highest BCUT2D eigenvalue weighted by atomic mass is 16.5. The normalized spacial score (nSPS) is 12.7. The number of carbonyl (C=O) groups excluding carboxylic acids is 2. The first-order chi connectivity index (χ1) is 33.5. The van der Waals surface area contributed by atoms with E-state index in [9.17, 15) is 19.8 Å². The van der Waals surface area contributed by atoms with Crippen molar-refractivity contribution in [2.75, 3.05) is 13.2 Å². The van der Waals surface area contributed by atoms with Crippen molar-refractivity contribution >= 4 is 11.9 Å². The Bertz CT molecular complexity index is 1060. The number of nitrogens with one attached hydrogen (secondary N) is 1. The lowest BCUT2D eigenvalue weighted by Crippen LogP contribution is -2.45. The van der Waals surface area contributed by atoms with Crippen LogP contribution in [0.3, 0.4) is 0 Å². The Hall–Kier alpha value is -1.66. The van der Waals surface area contributed by atoms with Gasteiger partial charge in [0.05, 0.1) is 25.4 Å². The van der Waals surface area contributed by atoms with Crippen molar-refractivity contribution in [3.8, 4) is 0 Å². The molecular formula is C62H119NO5. The molecule has 0 fully saturated rings. The Balaban J connectivity index is 3.46. The first-order valence-corrected chi connectivity index (χ1v) is 30.6. The molecule has 0 saturated heterocycles. The zero-order valence-electron chi connectivity index (χ0n) is 45.9. The van der Waals surface area contributed by atoms with Gasteiger partial charge in [-0.2, -0.15) is 0 Å². The van der Waals surface area contributed by atoms with E-state index in [4.69, 9.17) is 4.74 Å². The van der Waals surface area contributed by atoms with Crippen molar-refractivity contribution in [1.29, 1.82) is 0 Å². The van der Waals surface area contributed by atoms with Crippen LogP contribution in [0.1, 0.15) is 335 Å². The SMILES string of the molecule is CCCCCCC/C=C\CCCCCCCC(=O)OCCCCCCCCC/C=C\CCCCCCCC(=O)NC(CO)C(O)CCCCCCCCCCCCCCCCCCCCCCC. The van der Waals surface area contributed by atoms with Crippen LogP contribution in [0, 0.1) is 0 Å². The van der Waals surface area contributed by atoms with Gasteiger partial charge in [-0.15, -0.1) is 0 Å². The van der Waals surface area contributed by atoms with Crippen molar-refractivity contribution in [3.05, 3.63) is 24.3 Å². The minimum atomic E-state index is -0.676. The van der Waals surface area contributed by atoms with E-state index in [2.05, 4.69) is 43.5 Å². The van der Waals surface area contributed by atoms with Crippen molar-refractivity contribution in [3.63, 3.8) is 0 Å². The van der Waals surface area contributed by atoms with Crippen LogP contribution in [0.25, 0.3) is 0 Å². The van der Waals surface area contributed by atoms with Gasteiger partial charge in [0.15, 0.2) is 0 Å². The molecule has 2 unspecified atom stereocenters. The zero-order valence-corrected chi connectivity index (χ0v) is 45.9. The van der Waals surface area contributed by atoms with Gasteiger partial charge in [-0.3, -0.25) is 9.59 Å². The first kappa shape index (κ1) is 66.3. The topological polar surface area (TPSA) is 95.9 Å². The number of allylic oxidation sites excluding steroid dienone is 4. The van der Waals surface area contributed by atoms with E-state index < -0.39 is 12.1 Å². The lowest BCUT2D eigenvalue weighted by molar-refractivity contribution is -0.143. The minimum Gasteiger partial charge on any atom is -0.466 e. The molecule has 6 nitrogen and oxygen atoms in total. The molecule has 0 radical (unpaired) electrons. The Morgan fingerprint density at radius 2 is 0.691 bits per heavy atom. The maximum absolute atomic E-state index is 12.5. The minimum absolute atomic E-state index is 0.0107. The third-order valence-corrected chi connectivity index (χ3v) is 14.2. The van der Waals surface area contributed by atoms with E-state index in [0.717, 1.165) is 64.2 Å². The van der Waals surface area contributed by atoms with Crippen molar-refractivity contribution in [2.24, 2.45) is 0 Å². The molecule has 0 rings (SSSR count). The highest BCUT2D eigenvalue weighted by Gasteiger charge is 2.20. The number of aliphatic hydroxyl groups is 2. The fourth-order valence-corrected chi connectivity index (χ4v) is 9.51. The highest BCUT2D eigenvalue weighted by Crippen LogP contribution is 2.17. The van der Waals surface area contributed by atoms with Crippen molar-refractivity contribution in [1.82, 2.24) is 5.32 Å². The average Bonchev–Trinajstić information content (AvgIpc) is 3.34. The predicted molar refractivity (Wildman–Crippen MR) is 296 cm³/mol. The van der Waals surface area contributed by atoms with E-state index >= 15 is 0 Å². The summed E-state index contributed by atoms with van der Waals surface area (Å²) in [5.74, 6) is -0.0600. The summed E-state index contributed by atoms with van der Waals surface area (Å²) in [4.78, 5) is 24.5. The summed E-state index contributed by atoms with van der Waals surface area (Å²) in [5, 5.41) is 23.3. The molecule has 2 atom stereocenters. The summed E-state index contributed by atoms with van der Waals surface area (Å²) in [5.41, 5.74) is 0. The Morgan fingerprint density at radius 1 is 0.397 bits per heavy atom. The molecule has 0 bridgehead atoms. The molecule has 3 N–H and O–H groups in total. The number of esters is 1. The standard InChI is InChI=1S/C62H119NO5/c1-3-5-7-9-11-13-15-17-19-20-21-22-23-24-27-30-34-38-42-46-50-54-60(65)59(58-64)63-61(66)55-51-47-43-39-35-31-28-25-26-29-33-37-41-45-49-53-57-68-62(67)56-52-48-44-40-36-32-18-16-14-12-10-8-6-4-2/h16,18,25,28,59-60,64-65H,3-15,17,19-24,26-27,29-58H2,1-2H3,(H,63,66)/b18-16-,28-25-. The van der Waals surface area contributed by atoms with E-state index in [0.29, 0.717) is 25.9 Å². The van der Waals surface area contributed by atoms with Gasteiger partial charge in [-0.05, 0) is 77.0 Å². The third-order valence-electron chi connectivity index (χ3n) is 14.2.